The van der Waals surface area contributed by atoms with Crippen LogP contribution in [0.1, 0.15) is 28.8 Å². The highest BCUT2D eigenvalue weighted by Crippen LogP contribution is 2.50. The minimum atomic E-state index is -0.302. The number of benzene rings is 2. The first-order valence-corrected chi connectivity index (χ1v) is 9.99. The van der Waals surface area contributed by atoms with Crippen LogP contribution in [0.2, 0.25) is 5.02 Å². The highest BCUT2D eigenvalue weighted by atomic mass is 35.5. The zero-order valence-electron chi connectivity index (χ0n) is 15.7. The average Bonchev–Trinajstić information content (AvgIpc) is 3.27. The molecule has 4 aromatic rings. The monoisotopic (exact) mass is 413 g/mol. The van der Waals surface area contributed by atoms with E-state index in [4.69, 9.17) is 16.3 Å². The Hall–Kier alpha value is -3.64. The predicted molar refractivity (Wildman–Crippen MR) is 114 cm³/mol. The van der Waals surface area contributed by atoms with Gasteiger partial charge in [0.2, 0.25) is 5.95 Å². The molecule has 2 unspecified atom stereocenters. The van der Waals surface area contributed by atoms with E-state index in [1.54, 1.807) is 18.7 Å². The molecule has 2 atom stereocenters. The maximum atomic E-state index is 6.54. The summed E-state index contributed by atoms with van der Waals surface area (Å²) in [5, 5.41) is 8.70. The highest BCUT2D eigenvalue weighted by Gasteiger charge is 2.40. The lowest BCUT2D eigenvalue weighted by Crippen LogP contribution is -2.32. The molecule has 0 fully saturated rings. The lowest BCUT2D eigenvalue weighted by atomic mass is 9.85. The van der Waals surface area contributed by atoms with Crippen LogP contribution in [0.3, 0.4) is 0 Å². The minimum Gasteiger partial charge on any atom is -0.480 e. The van der Waals surface area contributed by atoms with Gasteiger partial charge in [0, 0.05) is 28.6 Å². The second kappa shape index (κ2) is 6.71. The van der Waals surface area contributed by atoms with Crippen LogP contribution in [0.5, 0.6) is 5.75 Å². The van der Waals surface area contributed by atoms with Gasteiger partial charge in [0.05, 0.1) is 5.70 Å². The first-order chi connectivity index (χ1) is 14.8. The van der Waals surface area contributed by atoms with Gasteiger partial charge in [-0.3, -0.25) is 4.98 Å². The van der Waals surface area contributed by atoms with Crippen molar-refractivity contribution in [2.75, 3.05) is 5.32 Å². The number of hydrogen-bond acceptors (Lipinski definition) is 5. The van der Waals surface area contributed by atoms with E-state index in [0.717, 1.165) is 33.7 Å². The van der Waals surface area contributed by atoms with Crippen molar-refractivity contribution in [3.05, 3.63) is 107 Å². The van der Waals surface area contributed by atoms with Crippen LogP contribution < -0.4 is 10.1 Å². The fraction of sp³-hybridized carbons (Fsp3) is 0.0870. The molecule has 0 saturated heterocycles. The highest BCUT2D eigenvalue weighted by molar-refractivity contribution is 6.30. The minimum absolute atomic E-state index is 0.192. The number of hydrogen-bond donors (Lipinski definition) is 1. The summed E-state index contributed by atoms with van der Waals surface area (Å²) >= 11 is 6.17. The fourth-order valence-electron chi connectivity index (χ4n) is 4.20. The van der Waals surface area contributed by atoms with E-state index in [9.17, 15) is 0 Å². The lowest BCUT2D eigenvalue weighted by molar-refractivity contribution is 0.223. The quantitative estimate of drug-likeness (QED) is 0.507. The van der Waals surface area contributed by atoms with Gasteiger partial charge in [-0.25, -0.2) is 4.68 Å². The van der Waals surface area contributed by atoms with Crippen molar-refractivity contribution in [3.8, 4) is 5.75 Å². The Balaban J connectivity index is 1.63. The normalized spacial score (nSPS) is 19.2. The molecule has 30 heavy (non-hydrogen) atoms. The zero-order valence-corrected chi connectivity index (χ0v) is 16.5. The van der Waals surface area contributed by atoms with Gasteiger partial charge in [-0.15, -0.1) is 0 Å². The van der Waals surface area contributed by atoms with E-state index in [-0.39, 0.29) is 12.1 Å². The summed E-state index contributed by atoms with van der Waals surface area (Å²) < 4.78 is 8.44. The van der Waals surface area contributed by atoms with Gasteiger partial charge in [-0.05, 0) is 47.5 Å². The van der Waals surface area contributed by atoms with E-state index >= 15 is 0 Å². The molecule has 6 nitrogen and oxygen atoms in total. The van der Waals surface area contributed by atoms with E-state index in [2.05, 4.69) is 26.4 Å². The van der Waals surface area contributed by atoms with Crippen molar-refractivity contribution in [1.29, 1.82) is 0 Å². The summed E-state index contributed by atoms with van der Waals surface area (Å²) in [6.45, 7) is 0. The molecule has 0 amide bonds. The Morgan fingerprint density at radius 1 is 0.933 bits per heavy atom. The summed E-state index contributed by atoms with van der Waals surface area (Å²) in [7, 11) is 0. The van der Waals surface area contributed by atoms with Gasteiger partial charge < -0.3 is 10.1 Å². The number of anilines is 1. The molecule has 146 valence electrons. The van der Waals surface area contributed by atoms with Crippen molar-refractivity contribution in [2.45, 2.75) is 12.1 Å². The van der Waals surface area contributed by atoms with Gasteiger partial charge in [0.15, 0.2) is 0 Å². The molecule has 6 rings (SSSR count). The van der Waals surface area contributed by atoms with Crippen LogP contribution in [-0.2, 0) is 0 Å². The summed E-state index contributed by atoms with van der Waals surface area (Å²) in [4.78, 5) is 8.62. The molecule has 0 spiro atoms. The predicted octanol–water partition coefficient (Wildman–Crippen LogP) is 4.89. The molecule has 2 aromatic heterocycles. The van der Waals surface area contributed by atoms with Crippen LogP contribution in [0, 0.1) is 0 Å². The SMILES string of the molecule is Clc1ccc(C2C3=C(Nc4ncnn42)c2ccccc2OC3c2ccncc2)cc1. The third-order valence-corrected chi connectivity index (χ3v) is 5.77. The number of nitrogens with one attached hydrogen (secondary N) is 1. The van der Waals surface area contributed by atoms with Crippen LogP contribution in [0.4, 0.5) is 5.95 Å². The van der Waals surface area contributed by atoms with Gasteiger partial charge in [0.25, 0.3) is 0 Å². The van der Waals surface area contributed by atoms with E-state index in [1.807, 2.05) is 59.3 Å². The van der Waals surface area contributed by atoms with Crippen LogP contribution in [-0.4, -0.2) is 19.7 Å². The third-order valence-electron chi connectivity index (χ3n) is 5.52. The molecule has 1 N–H and O–H groups in total. The summed E-state index contributed by atoms with van der Waals surface area (Å²) in [6.07, 6.45) is 4.84. The number of para-hydroxylation sites is 1. The molecule has 0 aliphatic carbocycles. The second-order valence-corrected chi connectivity index (χ2v) is 7.65. The Morgan fingerprint density at radius 3 is 2.57 bits per heavy atom. The fourth-order valence-corrected chi connectivity index (χ4v) is 4.32. The van der Waals surface area contributed by atoms with Crippen molar-refractivity contribution < 1.29 is 4.74 Å². The van der Waals surface area contributed by atoms with Crippen molar-refractivity contribution in [1.82, 2.24) is 19.7 Å². The number of halogens is 1. The maximum absolute atomic E-state index is 6.54. The Labute approximate surface area is 177 Å². The maximum Gasteiger partial charge on any atom is 0.226 e. The number of rotatable bonds is 2. The average molecular weight is 414 g/mol. The Kier molecular flexibility index (Phi) is 3.86. The lowest BCUT2D eigenvalue weighted by Gasteiger charge is -2.38. The topological polar surface area (TPSA) is 64.9 Å². The molecule has 0 saturated carbocycles. The molecule has 2 aliphatic heterocycles. The van der Waals surface area contributed by atoms with Gasteiger partial charge in [-0.2, -0.15) is 10.1 Å². The summed E-state index contributed by atoms with van der Waals surface area (Å²) in [5.41, 5.74) is 5.16. The molecule has 7 heteroatoms. The molecular formula is C23H16ClN5O. The summed E-state index contributed by atoms with van der Waals surface area (Å²) in [6, 6.07) is 19.7. The van der Waals surface area contributed by atoms with Crippen LogP contribution >= 0.6 is 11.6 Å². The number of aromatic nitrogens is 4. The molecule has 2 aromatic carbocycles. The smallest absolute Gasteiger partial charge is 0.226 e. The van der Waals surface area contributed by atoms with E-state index in [0.29, 0.717) is 11.0 Å². The van der Waals surface area contributed by atoms with Crippen LogP contribution in [0.25, 0.3) is 5.70 Å². The number of nitrogens with zero attached hydrogens (tertiary/aromatic N) is 4. The molecule has 2 aliphatic rings. The van der Waals surface area contributed by atoms with Gasteiger partial charge >= 0.3 is 0 Å². The number of pyridine rings is 1. The molecule has 4 heterocycles. The largest absolute Gasteiger partial charge is 0.480 e. The first kappa shape index (κ1) is 17.2. The van der Waals surface area contributed by atoms with E-state index < -0.39 is 0 Å². The van der Waals surface area contributed by atoms with E-state index in [1.165, 1.54) is 0 Å². The zero-order chi connectivity index (χ0) is 20.1. The molecular weight excluding hydrogens is 398 g/mol. The standard InChI is InChI=1S/C23H16ClN5O/c24-16-7-5-14(6-8-16)21-19-20(28-23-26-13-27-29(21)23)17-3-1-2-4-18(17)30-22(19)15-9-11-25-12-10-15/h1-13,21-22H,(H,26,27,28). The van der Waals surface area contributed by atoms with Crippen LogP contribution in [0.15, 0.2) is 85.0 Å². The molecule has 0 radical (unpaired) electrons. The first-order valence-electron chi connectivity index (χ1n) is 9.61. The van der Waals surface area contributed by atoms with Crippen molar-refractivity contribution in [3.63, 3.8) is 0 Å². The van der Waals surface area contributed by atoms with Crippen molar-refractivity contribution in [2.24, 2.45) is 0 Å². The Morgan fingerprint density at radius 2 is 1.73 bits per heavy atom. The number of ether oxygens (including phenoxy) is 1. The number of fused-ring (bicyclic) bond motifs is 3. The second-order valence-electron chi connectivity index (χ2n) is 7.21. The van der Waals surface area contributed by atoms with Crippen molar-refractivity contribution >= 4 is 23.2 Å². The van der Waals surface area contributed by atoms with Gasteiger partial charge in [0.1, 0.15) is 24.2 Å². The van der Waals surface area contributed by atoms with Gasteiger partial charge in [-0.1, -0.05) is 35.9 Å². The third kappa shape index (κ3) is 2.61. The molecule has 0 bridgehead atoms. The summed E-state index contributed by atoms with van der Waals surface area (Å²) in [5.74, 6) is 1.52. The Bertz CT molecular complexity index is 1270.